The van der Waals surface area contributed by atoms with Gasteiger partial charge >= 0.3 is 0 Å². The van der Waals surface area contributed by atoms with Gasteiger partial charge in [0.1, 0.15) is 0 Å². The molecule has 0 heterocycles. The summed E-state index contributed by atoms with van der Waals surface area (Å²) < 4.78 is 0. The van der Waals surface area contributed by atoms with Crippen molar-refractivity contribution in [3.63, 3.8) is 0 Å². The lowest BCUT2D eigenvalue weighted by atomic mass is 10.1. The Morgan fingerprint density at radius 3 is 2.44 bits per heavy atom. The summed E-state index contributed by atoms with van der Waals surface area (Å²) >= 11 is 0. The molecule has 0 radical (unpaired) electrons. The molecule has 0 atom stereocenters. The van der Waals surface area contributed by atoms with Crippen molar-refractivity contribution in [2.75, 3.05) is 26.2 Å². The maximum Gasteiger partial charge on any atom is 0.176 e. The highest BCUT2D eigenvalue weighted by molar-refractivity contribution is 5.97. The molecule has 88 valence electrons. The van der Waals surface area contributed by atoms with Crippen LogP contribution in [0.25, 0.3) is 0 Å². The van der Waals surface area contributed by atoms with Gasteiger partial charge in [-0.2, -0.15) is 0 Å². The van der Waals surface area contributed by atoms with Gasteiger partial charge in [0, 0.05) is 18.7 Å². The third-order valence-corrected chi connectivity index (χ3v) is 2.29. The highest BCUT2D eigenvalue weighted by atomic mass is 16.1. The van der Waals surface area contributed by atoms with Crippen molar-refractivity contribution >= 4 is 5.78 Å². The molecule has 0 aromatic heterocycles. The minimum Gasteiger partial charge on any atom is -0.315 e. The van der Waals surface area contributed by atoms with Crippen LogP contribution in [-0.4, -0.2) is 32.0 Å². The van der Waals surface area contributed by atoms with E-state index in [9.17, 15) is 4.79 Å². The molecule has 0 fully saturated rings. The smallest absolute Gasteiger partial charge is 0.176 e. The minimum absolute atomic E-state index is 0.149. The van der Waals surface area contributed by atoms with Crippen LogP contribution in [0.1, 0.15) is 23.7 Å². The summed E-state index contributed by atoms with van der Waals surface area (Å²) in [5.41, 5.74) is 0.775. The van der Waals surface area contributed by atoms with Crippen molar-refractivity contribution < 1.29 is 4.79 Å². The monoisotopic (exact) mass is 220 g/mol. The van der Waals surface area contributed by atoms with E-state index in [2.05, 4.69) is 17.6 Å². The molecule has 1 aromatic carbocycles. The molecule has 1 aromatic rings. The summed E-state index contributed by atoms with van der Waals surface area (Å²) in [7, 11) is 0. The number of hydrogen-bond acceptors (Lipinski definition) is 3. The van der Waals surface area contributed by atoms with Gasteiger partial charge in [-0.05, 0) is 13.0 Å². The summed E-state index contributed by atoms with van der Waals surface area (Å²) in [6.45, 7) is 5.33. The van der Waals surface area contributed by atoms with Gasteiger partial charge in [-0.15, -0.1) is 0 Å². The van der Waals surface area contributed by atoms with Crippen LogP contribution >= 0.6 is 0 Å². The van der Waals surface area contributed by atoms with Crippen molar-refractivity contribution in [1.29, 1.82) is 0 Å². The van der Waals surface area contributed by atoms with E-state index in [1.165, 1.54) is 0 Å². The first-order valence-corrected chi connectivity index (χ1v) is 5.84. The van der Waals surface area contributed by atoms with Gasteiger partial charge in [-0.25, -0.2) is 0 Å². The zero-order chi connectivity index (χ0) is 11.6. The molecule has 3 heteroatoms. The van der Waals surface area contributed by atoms with Crippen molar-refractivity contribution in [2.45, 2.75) is 13.3 Å². The molecule has 0 amide bonds. The van der Waals surface area contributed by atoms with Crippen LogP contribution in [0.3, 0.4) is 0 Å². The first-order valence-electron chi connectivity index (χ1n) is 5.84. The highest BCUT2D eigenvalue weighted by Gasteiger charge is 2.02. The van der Waals surface area contributed by atoms with Crippen molar-refractivity contribution in [2.24, 2.45) is 0 Å². The molecule has 0 spiro atoms. The summed E-state index contributed by atoms with van der Waals surface area (Å²) in [6, 6.07) is 9.38. The molecule has 0 aliphatic rings. The number of carbonyl (C=O) groups excluding carboxylic acids is 1. The van der Waals surface area contributed by atoms with Crippen LogP contribution in [0.2, 0.25) is 0 Å². The molecule has 0 unspecified atom stereocenters. The predicted molar refractivity (Wildman–Crippen MR) is 66.8 cm³/mol. The lowest BCUT2D eigenvalue weighted by Crippen LogP contribution is -2.31. The summed E-state index contributed by atoms with van der Waals surface area (Å²) in [4.78, 5) is 11.7. The third kappa shape index (κ3) is 5.05. The number of hydrogen-bond donors (Lipinski definition) is 2. The number of Topliss-reactive ketones (excluding diaryl/α,β-unsaturated/α-hetero) is 1. The first kappa shape index (κ1) is 12.9. The van der Waals surface area contributed by atoms with Crippen molar-refractivity contribution in [1.82, 2.24) is 10.6 Å². The van der Waals surface area contributed by atoms with Crippen molar-refractivity contribution in [3.05, 3.63) is 35.9 Å². The van der Waals surface area contributed by atoms with Crippen LogP contribution < -0.4 is 10.6 Å². The molecule has 2 N–H and O–H groups in total. The third-order valence-electron chi connectivity index (χ3n) is 2.29. The molecule has 3 nitrogen and oxygen atoms in total. The Labute approximate surface area is 97.2 Å². The first-order chi connectivity index (χ1) is 7.84. The minimum atomic E-state index is 0.149. The number of ketones is 1. The van der Waals surface area contributed by atoms with Crippen LogP contribution in [0, 0.1) is 0 Å². The Kier molecular flexibility index (Phi) is 6.45. The van der Waals surface area contributed by atoms with Gasteiger partial charge in [0.05, 0.1) is 6.54 Å². The molecule has 0 aliphatic heterocycles. The SMILES string of the molecule is CCCNCCNCC(=O)c1ccccc1. The zero-order valence-electron chi connectivity index (χ0n) is 9.83. The van der Waals surface area contributed by atoms with E-state index >= 15 is 0 Å². The maximum atomic E-state index is 11.7. The van der Waals surface area contributed by atoms with E-state index in [-0.39, 0.29) is 5.78 Å². The molecule has 0 aliphatic carbocycles. The van der Waals surface area contributed by atoms with Gasteiger partial charge in [0.15, 0.2) is 5.78 Å². The molecule has 0 bridgehead atoms. The fourth-order valence-corrected chi connectivity index (χ4v) is 1.41. The molecule has 16 heavy (non-hydrogen) atoms. The Morgan fingerprint density at radius 1 is 1.06 bits per heavy atom. The number of nitrogens with one attached hydrogen (secondary N) is 2. The van der Waals surface area contributed by atoms with E-state index in [1.54, 1.807) is 0 Å². The maximum absolute atomic E-state index is 11.7. The Balaban J connectivity index is 2.12. The van der Waals surface area contributed by atoms with E-state index in [0.29, 0.717) is 6.54 Å². The van der Waals surface area contributed by atoms with E-state index < -0.39 is 0 Å². The van der Waals surface area contributed by atoms with Gasteiger partial charge in [-0.1, -0.05) is 37.3 Å². The van der Waals surface area contributed by atoms with E-state index in [0.717, 1.165) is 31.6 Å². The highest BCUT2D eigenvalue weighted by Crippen LogP contribution is 1.98. The second-order valence-corrected chi connectivity index (χ2v) is 3.72. The lowest BCUT2D eigenvalue weighted by Gasteiger charge is -2.05. The largest absolute Gasteiger partial charge is 0.315 e. The second kappa shape index (κ2) is 8.02. The Bertz CT molecular complexity index is 298. The number of benzene rings is 1. The molecular formula is C13H20N2O. The summed E-state index contributed by atoms with van der Waals surface area (Å²) in [5.74, 6) is 0.149. The van der Waals surface area contributed by atoms with Gasteiger partial charge < -0.3 is 10.6 Å². The molecule has 0 saturated heterocycles. The second-order valence-electron chi connectivity index (χ2n) is 3.72. The van der Waals surface area contributed by atoms with Crippen LogP contribution in [0.5, 0.6) is 0 Å². The normalized spacial score (nSPS) is 10.3. The molecule has 1 rings (SSSR count). The van der Waals surface area contributed by atoms with Gasteiger partial charge in [0.2, 0.25) is 0 Å². The zero-order valence-corrected chi connectivity index (χ0v) is 9.83. The fraction of sp³-hybridized carbons (Fsp3) is 0.462. The Hall–Kier alpha value is -1.19. The van der Waals surface area contributed by atoms with Gasteiger partial charge in [-0.3, -0.25) is 4.79 Å². The Morgan fingerprint density at radius 2 is 1.75 bits per heavy atom. The van der Waals surface area contributed by atoms with Crippen LogP contribution in [-0.2, 0) is 0 Å². The predicted octanol–water partition coefficient (Wildman–Crippen LogP) is 1.46. The quantitative estimate of drug-likeness (QED) is 0.515. The average Bonchev–Trinajstić information content (AvgIpc) is 2.34. The fourth-order valence-electron chi connectivity index (χ4n) is 1.41. The van der Waals surface area contributed by atoms with Crippen LogP contribution in [0.15, 0.2) is 30.3 Å². The van der Waals surface area contributed by atoms with E-state index in [1.807, 2.05) is 30.3 Å². The lowest BCUT2D eigenvalue weighted by molar-refractivity contribution is 0.0991. The van der Waals surface area contributed by atoms with Gasteiger partial charge in [0.25, 0.3) is 0 Å². The topological polar surface area (TPSA) is 41.1 Å². The summed E-state index contributed by atoms with van der Waals surface area (Å²) in [5, 5.41) is 6.41. The standard InChI is InChI=1S/C13H20N2O/c1-2-8-14-9-10-15-11-13(16)12-6-4-3-5-7-12/h3-7,14-15H,2,8-11H2,1H3. The number of rotatable bonds is 8. The van der Waals surface area contributed by atoms with Crippen molar-refractivity contribution in [3.8, 4) is 0 Å². The molecular weight excluding hydrogens is 200 g/mol. The van der Waals surface area contributed by atoms with E-state index in [4.69, 9.17) is 0 Å². The van der Waals surface area contributed by atoms with Crippen LogP contribution in [0.4, 0.5) is 0 Å². The average molecular weight is 220 g/mol. The molecule has 0 saturated carbocycles. The summed E-state index contributed by atoms with van der Waals surface area (Å²) in [6.07, 6.45) is 1.14. The number of carbonyl (C=O) groups is 1.